The van der Waals surface area contributed by atoms with Gasteiger partial charge in [0.15, 0.2) is 0 Å². The number of aromatic nitrogens is 2. The molecule has 2 aromatic rings. The van der Waals surface area contributed by atoms with Crippen LogP contribution in [0.5, 0.6) is 0 Å². The molecule has 6 heteroatoms. The third-order valence-electron chi connectivity index (χ3n) is 3.40. The highest BCUT2D eigenvalue weighted by Crippen LogP contribution is 2.20. The summed E-state index contributed by atoms with van der Waals surface area (Å²) in [6, 6.07) is 8.03. The normalized spacial score (nSPS) is 15.4. The third kappa shape index (κ3) is 2.85. The van der Waals surface area contributed by atoms with Crippen molar-refractivity contribution in [1.29, 1.82) is 0 Å². The second-order valence-electron chi connectivity index (χ2n) is 4.77. The van der Waals surface area contributed by atoms with E-state index in [4.69, 9.17) is 5.73 Å². The van der Waals surface area contributed by atoms with Crippen LogP contribution in [0.2, 0.25) is 0 Å². The number of piperazine rings is 1. The SMILES string of the molecule is Nc1cccc(N2CCN(c3ncc(Br)cn3)CC2)c1. The summed E-state index contributed by atoms with van der Waals surface area (Å²) in [6.45, 7) is 3.72. The van der Waals surface area contributed by atoms with Crippen LogP contribution < -0.4 is 15.5 Å². The zero-order valence-electron chi connectivity index (χ0n) is 11.0. The lowest BCUT2D eigenvalue weighted by Gasteiger charge is -2.36. The lowest BCUT2D eigenvalue weighted by atomic mass is 10.2. The number of hydrogen-bond acceptors (Lipinski definition) is 5. The lowest BCUT2D eigenvalue weighted by molar-refractivity contribution is 0.640. The largest absolute Gasteiger partial charge is 0.399 e. The Bertz CT molecular complexity index is 578. The molecule has 0 saturated carbocycles. The number of nitrogens with zero attached hydrogens (tertiary/aromatic N) is 4. The Kier molecular flexibility index (Phi) is 3.73. The first-order valence-electron chi connectivity index (χ1n) is 6.55. The van der Waals surface area contributed by atoms with Gasteiger partial charge < -0.3 is 15.5 Å². The molecule has 0 atom stereocenters. The molecular weight excluding hydrogens is 318 g/mol. The highest BCUT2D eigenvalue weighted by molar-refractivity contribution is 9.10. The maximum Gasteiger partial charge on any atom is 0.225 e. The average Bonchev–Trinajstić information content (AvgIpc) is 2.48. The van der Waals surface area contributed by atoms with Gasteiger partial charge in [0.25, 0.3) is 0 Å². The topological polar surface area (TPSA) is 58.3 Å². The van der Waals surface area contributed by atoms with Crippen molar-refractivity contribution in [2.45, 2.75) is 0 Å². The van der Waals surface area contributed by atoms with Crippen LogP contribution in [0.25, 0.3) is 0 Å². The molecule has 20 heavy (non-hydrogen) atoms. The van der Waals surface area contributed by atoms with Crippen molar-refractivity contribution in [3.63, 3.8) is 0 Å². The molecule has 0 amide bonds. The molecule has 2 heterocycles. The summed E-state index contributed by atoms with van der Waals surface area (Å²) in [6.07, 6.45) is 3.57. The number of nitrogen functional groups attached to an aromatic ring is 1. The fraction of sp³-hybridized carbons (Fsp3) is 0.286. The summed E-state index contributed by atoms with van der Waals surface area (Å²) in [5.41, 5.74) is 7.82. The number of rotatable bonds is 2. The fourth-order valence-electron chi connectivity index (χ4n) is 2.35. The summed E-state index contributed by atoms with van der Waals surface area (Å²) in [5.74, 6) is 0.792. The van der Waals surface area contributed by atoms with Crippen LogP contribution in [0, 0.1) is 0 Å². The Morgan fingerprint density at radius 1 is 1.00 bits per heavy atom. The summed E-state index contributed by atoms with van der Waals surface area (Å²) in [4.78, 5) is 13.2. The van der Waals surface area contributed by atoms with Gasteiger partial charge >= 0.3 is 0 Å². The Morgan fingerprint density at radius 2 is 1.65 bits per heavy atom. The molecule has 0 radical (unpaired) electrons. The van der Waals surface area contributed by atoms with Gasteiger partial charge in [0.2, 0.25) is 5.95 Å². The van der Waals surface area contributed by atoms with Crippen molar-refractivity contribution in [3.8, 4) is 0 Å². The molecule has 0 unspecified atom stereocenters. The standard InChI is InChI=1S/C14H16BrN5/c15-11-9-17-14(18-10-11)20-6-4-19(5-7-20)13-3-1-2-12(16)8-13/h1-3,8-10H,4-7,16H2. The molecule has 104 valence electrons. The number of benzene rings is 1. The quantitative estimate of drug-likeness (QED) is 0.853. The van der Waals surface area contributed by atoms with E-state index in [1.165, 1.54) is 5.69 Å². The summed E-state index contributed by atoms with van der Waals surface area (Å²) < 4.78 is 0.902. The van der Waals surface area contributed by atoms with E-state index in [2.05, 4.69) is 41.8 Å². The molecule has 0 aliphatic carbocycles. The molecule has 1 saturated heterocycles. The van der Waals surface area contributed by atoms with E-state index in [-0.39, 0.29) is 0 Å². The van der Waals surface area contributed by atoms with Gasteiger partial charge in [0.1, 0.15) is 0 Å². The van der Waals surface area contributed by atoms with E-state index in [1.54, 1.807) is 12.4 Å². The average molecular weight is 334 g/mol. The van der Waals surface area contributed by atoms with Gasteiger partial charge in [-0.25, -0.2) is 9.97 Å². The zero-order valence-corrected chi connectivity index (χ0v) is 12.6. The van der Waals surface area contributed by atoms with Crippen LogP contribution in [-0.4, -0.2) is 36.1 Å². The van der Waals surface area contributed by atoms with Gasteiger partial charge in [0, 0.05) is 49.9 Å². The Hall–Kier alpha value is -1.82. The molecule has 1 aliphatic heterocycles. The Morgan fingerprint density at radius 3 is 2.30 bits per heavy atom. The van der Waals surface area contributed by atoms with Gasteiger partial charge in [0.05, 0.1) is 4.47 Å². The van der Waals surface area contributed by atoms with E-state index in [0.29, 0.717) is 0 Å². The minimum atomic E-state index is 0.792. The smallest absolute Gasteiger partial charge is 0.225 e. The van der Waals surface area contributed by atoms with Crippen LogP contribution in [-0.2, 0) is 0 Å². The van der Waals surface area contributed by atoms with Gasteiger partial charge in [-0.1, -0.05) is 6.07 Å². The number of hydrogen-bond donors (Lipinski definition) is 1. The molecule has 1 fully saturated rings. The van der Waals surface area contributed by atoms with E-state index in [0.717, 1.165) is 42.3 Å². The first-order chi connectivity index (χ1) is 9.72. The van der Waals surface area contributed by atoms with Crippen molar-refractivity contribution in [2.24, 2.45) is 0 Å². The molecule has 1 aliphatic rings. The molecule has 2 N–H and O–H groups in total. The van der Waals surface area contributed by atoms with Crippen LogP contribution in [0.1, 0.15) is 0 Å². The molecule has 5 nitrogen and oxygen atoms in total. The van der Waals surface area contributed by atoms with Crippen LogP contribution in [0.15, 0.2) is 41.1 Å². The van der Waals surface area contributed by atoms with Crippen molar-refractivity contribution < 1.29 is 0 Å². The molecule has 3 rings (SSSR count). The second kappa shape index (κ2) is 5.66. The molecule has 0 spiro atoms. The van der Waals surface area contributed by atoms with Crippen molar-refractivity contribution in [1.82, 2.24) is 9.97 Å². The van der Waals surface area contributed by atoms with Crippen molar-refractivity contribution in [2.75, 3.05) is 41.7 Å². The highest BCUT2D eigenvalue weighted by Gasteiger charge is 2.19. The number of anilines is 3. The van der Waals surface area contributed by atoms with Gasteiger partial charge in [-0.05, 0) is 34.1 Å². The number of nitrogens with two attached hydrogens (primary N) is 1. The monoisotopic (exact) mass is 333 g/mol. The highest BCUT2D eigenvalue weighted by atomic mass is 79.9. The van der Waals surface area contributed by atoms with Crippen molar-refractivity contribution >= 4 is 33.3 Å². The number of halogens is 1. The van der Waals surface area contributed by atoms with Crippen LogP contribution in [0.4, 0.5) is 17.3 Å². The predicted molar refractivity (Wildman–Crippen MR) is 85.0 cm³/mol. The van der Waals surface area contributed by atoms with Crippen molar-refractivity contribution in [3.05, 3.63) is 41.1 Å². The molecule has 0 bridgehead atoms. The predicted octanol–water partition coefficient (Wildman–Crippen LogP) is 2.15. The minimum absolute atomic E-state index is 0.792. The molecule has 1 aromatic carbocycles. The van der Waals surface area contributed by atoms with Crippen LogP contribution >= 0.6 is 15.9 Å². The third-order valence-corrected chi connectivity index (χ3v) is 3.81. The van der Waals surface area contributed by atoms with E-state index >= 15 is 0 Å². The molecule has 1 aromatic heterocycles. The lowest BCUT2D eigenvalue weighted by Crippen LogP contribution is -2.47. The zero-order chi connectivity index (χ0) is 13.9. The summed E-state index contributed by atoms with van der Waals surface area (Å²) >= 11 is 3.35. The Balaban J connectivity index is 1.66. The second-order valence-corrected chi connectivity index (χ2v) is 5.69. The van der Waals surface area contributed by atoms with E-state index < -0.39 is 0 Å². The summed E-state index contributed by atoms with van der Waals surface area (Å²) in [7, 11) is 0. The Labute approximate surface area is 126 Å². The van der Waals surface area contributed by atoms with Gasteiger partial charge in [-0.15, -0.1) is 0 Å². The van der Waals surface area contributed by atoms with Crippen LogP contribution in [0.3, 0.4) is 0 Å². The fourth-order valence-corrected chi connectivity index (χ4v) is 2.56. The van der Waals surface area contributed by atoms with E-state index in [1.807, 2.05) is 18.2 Å². The first-order valence-corrected chi connectivity index (χ1v) is 7.35. The minimum Gasteiger partial charge on any atom is -0.399 e. The summed E-state index contributed by atoms with van der Waals surface area (Å²) in [5, 5.41) is 0. The van der Waals surface area contributed by atoms with Gasteiger partial charge in [-0.3, -0.25) is 0 Å². The van der Waals surface area contributed by atoms with E-state index in [9.17, 15) is 0 Å². The maximum atomic E-state index is 5.84. The van der Waals surface area contributed by atoms with Gasteiger partial charge in [-0.2, -0.15) is 0 Å². The molecular formula is C14H16BrN5. The maximum absolute atomic E-state index is 5.84. The first kappa shape index (κ1) is 13.2.